The van der Waals surface area contributed by atoms with Crippen molar-refractivity contribution >= 4 is 23.0 Å². The molecule has 368 valence electrons. The van der Waals surface area contributed by atoms with Gasteiger partial charge in [-0.2, -0.15) is 0 Å². The van der Waals surface area contributed by atoms with Crippen LogP contribution in [0.4, 0.5) is 0 Å². The Morgan fingerprint density at radius 2 is 0.913 bits per heavy atom. The Balaban J connectivity index is 0.000000490. The van der Waals surface area contributed by atoms with E-state index in [1.807, 2.05) is 81.5 Å². The lowest BCUT2D eigenvalue weighted by atomic mass is 10.0. The van der Waals surface area contributed by atoms with E-state index in [1.165, 1.54) is 0 Å². The standard InChI is InChI=1S/C40H36O13P2.C10H18O2.C2H6/c41-37(27-11-1-6-16-32(27)49-54(42)50-34-18-8-3-13-29(34)38-43-21-22-44-38)28-12-2-7-17-33(28)51-55(52-35-19-9-4-14-30(35)39-45-23-24-46-39)53-36-20-10-5-15-31(36)40-47-25-26-48-40;1-3-4-5-6-7-8-12-10-9-11-2;1-2/h1-20,38-40,42H,21-26H2;3-6H,7-10H2,1-2H3;1-2H3/b;4-3-,6-5-;. The fraction of sp³-hybridized carbons (Fsp3) is 0.327. The van der Waals surface area contributed by atoms with Crippen LogP contribution >= 0.6 is 17.2 Å². The summed E-state index contributed by atoms with van der Waals surface area (Å²) in [4.78, 5) is 25.4. The zero-order valence-corrected chi connectivity index (χ0v) is 41.0. The van der Waals surface area contributed by atoms with Crippen molar-refractivity contribution in [3.8, 4) is 28.7 Å². The molecule has 3 heterocycles. The molecule has 0 radical (unpaired) electrons. The van der Waals surface area contributed by atoms with Crippen molar-refractivity contribution in [1.29, 1.82) is 0 Å². The number of benzene rings is 5. The molecule has 1 unspecified atom stereocenters. The van der Waals surface area contributed by atoms with Gasteiger partial charge in [0.15, 0.2) is 18.9 Å². The van der Waals surface area contributed by atoms with E-state index in [0.717, 1.165) is 13.0 Å². The molecular formula is C52H60O15P2. The number of ketones is 1. The normalized spacial score (nSPS) is 15.7. The Labute approximate surface area is 406 Å². The molecule has 1 N–H and O–H groups in total. The summed E-state index contributed by atoms with van der Waals surface area (Å²) in [6, 6.07) is 34.9. The number of allylic oxidation sites excluding steroid dienone is 3. The molecular weight excluding hydrogens is 927 g/mol. The van der Waals surface area contributed by atoms with E-state index >= 15 is 0 Å². The molecule has 5 aromatic rings. The minimum absolute atomic E-state index is 0.104. The summed E-state index contributed by atoms with van der Waals surface area (Å²) in [6.45, 7) is 10.8. The maximum atomic E-state index is 14.4. The predicted octanol–water partition coefficient (Wildman–Crippen LogP) is 11.7. The summed E-state index contributed by atoms with van der Waals surface area (Å²) in [7, 11) is -3.16. The van der Waals surface area contributed by atoms with Crippen molar-refractivity contribution in [1.82, 2.24) is 0 Å². The summed E-state index contributed by atoms with van der Waals surface area (Å²) >= 11 is 0. The molecule has 17 heteroatoms. The van der Waals surface area contributed by atoms with Gasteiger partial charge >= 0.3 is 17.2 Å². The monoisotopic (exact) mass is 986 g/mol. The molecule has 0 aromatic heterocycles. The van der Waals surface area contributed by atoms with Gasteiger partial charge in [0.05, 0.1) is 87.3 Å². The molecule has 3 aliphatic rings. The average Bonchev–Trinajstić information content (AvgIpc) is 4.23. The van der Waals surface area contributed by atoms with E-state index in [9.17, 15) is 9.69 Å². The quantitative estimate of drug-likeness (QED) is 0.0302. The number of hydrogen-bond acceptors (Lipinski definition) is 15. The van der Waals surface area contributed by atoms with Crippen molar-refractivity contribution in [2.75, 3.05) is 66.6 Å². The van der Waals surface area contributed by atoms with Crippen LogP contribution in [-0.4, -0.2) is 77.2 Å². The van der Waals surface area contributed by atoms with Gasteiger partial charge in [0.2, 0.25) is 5.78 Å². The number of carbonyl (C=O) groups is 1. The van der Waals surface area contributed by atoms with Crippen molar-refractivity contribution in [2.45, 2.75) is 46.1 Å². The molecule has 0 bridgehead atoms. The summed E-state index contributed by atoms with van der Waals surface area (Å²) in [5.41, 5.74) is 2.26. The van der Waals surface area contributed by atoms with Crippen LogP contribution in [0.2, 0.25) is 0 Å². The topological polar surface area (TPSA) is 157 Å². The van der Waals surface area contributed by atoms with Gasteiger partial charge in [0, 0.05) is 7.11 Å². The second-order valence-corrected chi connectivity index (χ2v) is 16.3. The largest absolute Gasteiger partial charge is 0.530 e. The zero-order valence-electron chi connectivity index (χ0n) is 39.2. The number of carbonyl (C=O) groups excluding carboxylic acids is 1. The van der Waals surface area contributed by atoms with E-state index in [0.29, 0.717) is 86.8 Å². The van der Waals surface area contributed by atoms with Gasteiger partial charge < -0.3 is 65.4 Å². The van der Waals surface area contributed by atoms with Crippen LogP contribution in [0, 0.1) is 0 Å². The number of methoxy groups -OCH3 is 1. The minimum Gasteiger partial charge on any atom is -0.417 e. The molecule has 0 spiro atoms. The minimum atomic E-state index is -2.54. The Hall–Kier alpha value is -5.25. The zero-order chi connectivity index (χ0) is 48.5. The van der Waals surface area contributed by atoms with Gasteiger partial charge in [0.25, 0.3) is 0 Å². The second kappa shape index (κ2) is 29.7. The summed E-state index contributed by atoms with van der Waals surface area (Å²) in [5.74, 6) is 1.000. The highest BCUT2D eigenvalue weighted by Crippen LogP contribution is 2.48. The molecule has 3 fully saturated rings. The first-order chi connectivity index (χ1) is 34.0. The first kappa shape index (κ1) is 53.1. The number of hydrogen-bond donors (Lipinski definition) is 1. The lowest BCUT2D eigenvalue weighted by molar-refractivity contribution is -0.0454. The van der Waals surface area contributed by atoms with E-state index < -0.39 is 41.9 Å². The molecule has 3 aliphatic heterocycles. The molecule has 69 heavy (non-hydrogen) atoms. The van der Waals surface area contributed by atoms with Crippen LogP contribution in [0.5, 0.6) is 28.7 Å². The van der Waals surface area contributed by atoms with E-state index in [2.05, 4.69) is 6.08 Å². The van der Waals surface area contributed by atoms with Crippen molar-refractivity contribution in [3.05, 3.63) is 173 Å². The van der Waals surface area contributed by atoms with Gasteiger partial charge in [-0.05, 0) is 55.8 Å². The van der Waals surface area contributed by atoms with E-state index in [-0.39, 0.29) is 22.6 Å². The van der Waals surface area contributed by atoms with Crippen molar-refractivity contribution < 1.29 is 70.2 Å². The number of rotatable bonds is 22. The smallest absolute Gasteiger partial charge is 0.417 e. The van der Waals surface area contributed by atoms with Crippen molar-refractivity contribution in [2.24, 2.45) is 0 Å². The van der Waals surface area contributed by atoms with E-state index in [4.69, 9.17) is 60.5 Å². The Morgan fingerprint density at radius 1 is 0.536 bits per heavy atom. The van der Waals surface area contributed by atoms with Gasteiger partial charge in [-0.25, -0.2) is 0 Å². The fourth-order valence-corrected chi connectivity index (χ4v) is 8.45. The van der Waals surface area contributed by atoms with Crippen LogP contribution in [0.3, 0.4) is 0 Å². The lowest BCUT2D eigenvalue weighted by Crippen LogP contribution is -2.11. The first-order valence-corrected chi connectivity index (χ1v) is 25.0. The Bertz CT molecular complexity index is 2280. The lowest BCUT2D eigenvalue weighted by Gasteiger charge is -2.23. The van der Waals surface area contributed by atoms with Gasteiger partial charge in [-0.1, -0.05) is 117 Å². The number of ether oxygens (including phenoxy) is 8. The van der Waals surface area contributed by atoms with Gasteiger partial charge in [-0.3, -0.25) is 4.79 Å². The third kappa shape index (κ3) is 16.1. The summed E-state index contributed by atoms with van der Waals surface area (Å²) in [5, 5.41) is 0. The molecule has 0 amide bonds. The molecule has 8 rings (SSSR count). The molecule has 0 saturated carbocycles. The third-order valence-electron chi connectivity index (χ3n) is 9.82. The maximum absolute atomic E-state index is 14.4. The maximum Gasteiger partial charge on any atom is 0.530 e. The fourth-order valence-electron chi connectivity index (χ4n) is 6.67. The first-order valence-electron chi connectivity index (χ1n) is 22.7. The second-order valence-electron chi connectivity index (χ2n) is 14.4. The Kier molecular flexibility index (Phi) is 22.9. The summed E-state index contributed by atoms with van der Waals surface area (Å²) in [6.07, 6.45) is 7.20. The van der Waals surface area contributed by atoms with Crippen LogP contribution in [0.1, 0.15) is 78.7 Å². The number of para-hydroxylation sites is 5. The highest BCUT2D eigenvalue weighted by molar-refractivity contribution is 7.43. The molecule has 0 aliphatic carbocycles. The molecule has 3 saturated heterocycles. The van der Waals surface area contributed by atoms with Gasteiger partial charge in [-0.15, -0.1) is 0 Å². The Morgan fingerprint density at radius 3 is 1.36 bits per heavy atom. The van der Waals surface area contributed by atoms with Crippen LogP contribution in [0.15, 0.2) is 146 Å². The van der Waals surface area contributed by atoms with E-state index in [1.54, 1.807) is 86.0 Å². The average molecular weight is 987 g/mol. The van der Waals surface area contributed by atoms with Crippen LogP contribution in [0.25, 0.3) is 0 Å². The predicted molar refractivity (Wildman–Crippen MR) is 261 cm³/mol. The molecule has 5 aromatic carbocycles. The summed E-state index contributed by atoms with van der Waals surface area (Å²) < 4.78 is 75.6. The van der Waals surface area contributed by atoms with Gasteiger partial charge in [0.1, 0.15) is 28.7 Å². The highest BCUT2D eigenvalue weighted by Gasteiger charge is 2.32. The van der Waals surface area contributed by atoms with Crippen LogP contribution in [-0.2, 0) is 37.9 Å². The highest BCUT2D eigenvalue weighted by atomic mass is 31.2. The molecule has 15 nitrogen and oxygen atoms in total. The SMILES string of the molecule is C/C=C\C=C/CCOCCOC.CC.O=C(c1ccccc1OP(O)Oc1ccccc1C1OCCO1)c1ccccc1OP(Oc1ccccc1C1OCCO1)Oc1ccccc1C1OCCO1. The molecule has 1 atom stereocenters. The van der Waals surface area contributed by atoms with Crippen molar-refractivity contribution in [3.63, 3.8) is 0 Å². The van der Waals surface area contributed by atoms with Crippen LogP contribution < -0.4 is 22.6 Å². The third-order valence-corrected chi connectivity index (χ3v) is 11.6.